The van der Waals surface area contributed by atoms with Crippen LogP contribution in [0.15, 0.2) is 97.2 Å². The zero-order valence-corrected chi connectivity index (χ0v) is 17.6. The van der Waals surface area contributed by atoms with Gasteiger partial charge in [0.1, 0.15) is 0 Å². The zero-order chi connectivity index (χ0) is 20.8. The number of hydrogen-bond donors (Lipinski definition) is 0. The second-order valence-corrected chi connectivity index (χ2v) is 8.07. The van der Waals surface area contributed by atoms with E-state index in [1.54, 1.807) is 0 Å². The van der Waals surface area contributed by atoms with Crippen LogP contribution in [0.1, 0.15) is 35.7 Å². The molecule has 2 nitrogen and oxygen atoms in total. The van der Waals surface area contributed by atoms with Gasteiger partial charge in [0.2, 0.25) is 0 Å². The molecular weight excluding hydrogens is 366 g/mol. The Morgan fingerprint density at radius 1 is 0.900 bits per heavy atom. The fourth-order valence-corrected chi connectivity index (χ4v) is 4.33. The van der Waals surface area contributed by atoms with Gasteiger partial charge in [0.05, 0.1) is 0 Å². The minimum Gasteiger partial charge on any atom is -0.374 e. The molecule has 1 saturated heterocycles. The van der Waals surface area contributed by atoms with Gasteiger partial charge in [-0.15, -0.1) is 0 Å². The van der Waals surface area contributed by atoms with Gasteiger partial charge in [0.15, 0.2) is 5.78 Å². The molecule has 0 spiro atoms. The van der Waals surface area contributed by atoms with Crippen molar-refractivity contribution < 1.29 is 4.79 Å². The van der Waals surface area contributed by atoms with Crippen molar-refractivity contribution in [3.63, 3.8) is 0 Å². The van der Waals surface area contributed by atoms with Gasteiger partial charge in [0.25, 0.3) is 0 Å². The molecule has 0 N–H and O–H groups in total. The second kappa shape index (κ2) is 9.58. The molecule has 0 aromatic heterocycles. The summed E-state index contributed by atoms with van der Waals surface area (Å²) in [5.41, 5.74) is 4.63. The Morgan fingerprint density at radius 2 is 1.53 bits per heavy atom. The van der Waals surface area contributed by atoms with Gasteiger partial charge in [-0.25, -0.2) is 0 Å². The molecule has 1 unspecified atom stereocenters. The fraction of sp³-hybridized carbons (Fsp3) is 0.250. The molecule has 0 radical (unpaired) electrons. The second-order valence-electron chi connectivity index (χ2n) is 8.07. The number of carbonyl (C=O) groups excluding carboxylic acids is 1. The summed E-state index contributed by atoms with van der Waals surface area (Å²) in [6.07, 6.45) is 7.26. The van der Waals surface area contributed by atoms with E-state index in [-0.39, 0.29) is 11.7 Å². The average molecular weight is 396 g/mol. The maximum absolute atomic E-state index is 13.0. The maximum Gasteiger partial charge on any atom is 0.167 e. The highest BCUT2D eigenvalue weighted by molar-refractivity contribution is 5.98. The minimum absolute atomic E-state index is 0.0579. The number of likely N-dealkylation sites (tertiary alicyclic amines) is 1. The normalized spacial score (nSPS) is 18.8. The van der Waals surface area contributed by atoms with Crippen LogP contribution in [-0.2, 0) is 6.42 Å². The lowest BCUT2D eigenvalue weighted by Crippen LogP contribution is -2.26. The van der Waals surface area contributed by atoms with Crippen LogP contribution in [0.5, 0.6) is 0 Å². The fourth-order valence-electron chi connectivity index (χ4n) is 4.33. The predicted octanol–water partition coefficient (Wildman–Crippen LogP) is 6.39. The van der Waals surface area contributed by atoms with Crippen molar-refractivity contribution >= 4 is 5.78 Å². The molecule has 3 aromatic carbocycles. The molecule has 1 fully saturated rings. The van der Waals surface area contributed by atoms with E-state index in [1.807, 2.05) is 36.4 Å². The Balaban J connectivity index is 1.48. The molecule has 4 rings (SSSR count). The zero-order valence-electron chi connectivity index (χ0n) is 17.6. The molecule has 152 valence electrons. The molecule has 0 amide bonds. The Labute approximate surface area is 179 Å². The molecule has 0 aliphatic carbocycles. The van der Waals surface area contributed by atoms with Crippen LogP contribution in [0.3, 0.4) is 0 Å². The largest absolute Gasteiger partial charge is 0.374 e. The number of hydrogen-bond acceptors (Lipinski definition) is 2. The Hall–Kier alpha value is -3.13. The smallest absolute Gasteiger partial charge is 0.167 e. The van der Waals surface area contributed by atoms with Crippen LogP contribution in [0.25, 0.3) is 11.1 Å². The lowest BCUT2D eigenvalue weighted by molar-refractivity contribution is 0.0925. The number of nitrogens with zero attached hydrogens (tertiary/aromatic N) is 1. The van der Waals surface area contributed by atoms with Gasteiger partial charge in [-0.1, -0.05) is 97.9 Å². The maximum atomic E-state index is 13.0. The summed E-state index contributed by atoms with van der Waals surface area (Å²) in [5, 5.41) is 0. The summed E-state index contributed by atoms with van der Waals surface area (Å²) in [6.45, 7) is 2.95. The SMILES string of the molecule is CC/C=C/N1C[C@@H](C(=O)c2ccccc2)CC1Cc1ccc(-c2ccccc2)cc1. The summed E-state index contributed by atoms with van der Waals surface area (Å²) in [4.78, 5) is 15.4. The lowest BCUT2D eigenvalue weighted by atomic mass is 9.93. The first-order chi connectivity index (χ1) is 14.7. The average Bonchev–Trinajstić information content (AvgIpc) is 3.21. The van der Waals surface area contributed by atoms with Crippen molar-refractivity contribution in [3.05, 3.63) is 108 Å². The molecule has 0 bridgehead atoms. The Bertz CT molecular complexity index is 976. The first kappa shape index (κ1) is 20.2. The van der Waals surface area contributed by atoms with Crippen LogP contribution >= 0.6 is 0 Å². The van der Waals surface area contributed by atoms with E-state index in [4.69, 9.17) is 0 Å². The van der Waals surface area contributed by atoms with E-state index in [9.17, 15) is 4.79 Å². The van der Waals surface area contributed by atoms with Gasteiger partial charge in [0, 0.05) is 24.1 Å². The van der Waals surface area contributed by atoms with Crippen LogP contribution in [0, 0.1) is 5.92 Å². The topological polar surface area (TPSA) is 20.3 Å². The highest BCUT2D eigenvalue weighted by atomic mass is 16.1. The number of benzene rings is 3. The van der Waals surface area contributed by atoms with E-state index in [0.29, 0.717) is 6.04 Å². The quantitative estimate of drug-likeness (QED) is 0.432. The molecule has 1 aliphatic rings. The van der Waals surface area contributed by atoms with Crippen molar-refractivity contribution in [2.24, 2.45) is 5.92 Å². The van der Waals surface area contributed by atoms with Crippen LogP contribution in [0.2, 0.25) is 0 Å². The summed E-state index contributed by atoms with van der Waals surface area (Å²) in [5.74, 6) is 0.329. The number of allylic oxidation sites excluding steroid dienone is 1. The third-order valence-corrected chi connectivity index (χ3v) is 5.95. The molecule has 3 aromatic rings. The van der Waals surface area contributed by atoms with Crippen molar-refractivity contribution in [1.82, 2.24) is 4.90 Å². The van der Waals surface area contributed by atoms with E-state index < -0.39 is 0 Å². The van der Waals surface area contributed by atoms with Crippen molar-refractivity contribution in [1.29, 1.82) is 0 Å². The van der Waals surface area contributed by atoms with Crippen molar-refractivity contribution in [2.45, 2.75) is 32.2 Å². The molecule has 1 heterocycles. The molecule has 30 heavy (non-hydrogen) atoms. The Kier molecular flexibility index (Phi) is 6.44. The van der Waals surface area contributed by atoms with E-state index in [1.165, 1.54) is 16.7 Å². The minimum atomic E-state index is 0.0579. The van der Waals surface area contributed by atoms with Crippen LogP contribution < -0.4 is 0 Å². The summed E-state index contributed by atoms with van der Waals surface area (Å²) < 4.78 is 0. The van der Waals surface area contributed by atoms with E-state index in [0.717, 1.165) is 31.4 Å². The standard InChI is InChI=1S/C28H29NO/c1-2-3-18-29-21-26(28(30)25-12-8-5-9-13-25)20-27(29)19-22-14-16-24(17-15-22)23-10-6-4-7-11-23/h3-18,26-27H,2,19-21H2,1H3/b18-3+/t26-,27?/m0/s1. The van der Waals surface area contributed by atoms with Crippen LogP contribution in [0.4, 0.5) is 0 Å². The monoisotopic (exact) mass is 395 g/mol. The Morgan fingerprint density at radius 3 is 2.20 bits per heavy atom. The van der Waals surface area contributed by atoms with Gasteiger partial charge < -0.3 is 4.90 Å². The molecule has 0 saturated carbocycles. The van der Waals surface area contributed by atoms with Gasteiger partial charge in [-0.2, -0.15) is 0 Å². The highest BCUT2D eigenvalue weighted by Crippen LogP contribution is 2.30. The third kappa shape index (κ3) is 4.71. The molecule has 2 heteroatoms. The molecular formula is C28H29NO. The first-order valence-corrected chi connectivity index (χ1v) is 10.9. The van der Waals surface area contributed by atoms with Gasteiger partial charge in [-0.05, 0) is 42.2 Å². The first-order valence-electron chi connectivity index (χ1n) is 10.9. The predicted molar refractivity (Wildman–Crippen MR) is 124 cm³/mol. The molecule has 1 aliphatic heterocycles. The number of rotatable bonds is 7. The van der Waals surface area contributed by atoms with E-state index >= 15 is 0 Å². The number of carbonyl (C=O) groups is 1. The van der Waals surface area contributed by atoms with Gasteiger partial charge >= 0.3 is 0 Å². The number of Topliss-reactive ketones (excluding diaryl/α,β-unsaturated/α-hetero) is 1. The van der Waals surface area contributed by atoms with Gasteiger partial charge in [-0.3, -0.25) is 4.79 Å². The van der Waals surface area contributed by atoms with Crippen molar-refractivity contribution in [3.8, 4) is 11.1 Å². The number of ketones is 1. The summed E-state index contributed by atoms with van der Waals surface area (Å²) >= 11 is 0. The van der Waals surface area contributed by atoms with Crippen LogP contribution in [-0.4, -0.2) is 23.3 Å². The molecule has 2 atom stereocenters. The highest BCUT2D eigenvalue weighted by Gasteiger charge is 2.34. The van der Waals surface area contributed by atoms with Crippen molar-refractivity contribution in [2.75, 3.05) is 6.54 Å². The lowest BCUT2D eigenvalue weighted by Gasteiger charge is -2.23. The third-order valence-electron chi connectivity index (χ3n) is 5.95. The van der Waals surface area contributed by atoms with E-state index in [2.05, 4.69) is 72.6 Å². The summed E-state index contributed by atoms with van der Waals surface area (Å²) in [7, 11) is 0. The summed E-state index contributed by atoms with van der Waals surface area (Å²) in [6, 6.07) is 29.4.